The van der Waals surface area contributed by atoms with E-state index in [2.05, 4.69) is 51.7 Å². The van der Waals surface area contributed by atoms with Gasteiger partial charge >= 0.3 is 0 Å². The Morgan fingerprint density at radius 1 is 1.29 bits per heavy atom. The summed E-state index contributed by atoms with van der Waals surface area (Å²) in [5, 5.41) is 6.81. The minimum atomic E-state index is -3.11. The Labute approximate surface area is 170 Å². The standard InChI is InChI=1S/C20H35N5O2S/c1-5-21-20(22-13-7-14-24(4)28(26,27)6-2)23-18-12-15-25(16-18)19-10-8-17(3)9-11-19/h8-11,18H,5-7,12-16H2,1-4H3,(H2,21,22,23). The van der Waals surface area contributed by atoms with Crippen molar-refractivity contribution in [3.05, 3.63) is 29.8 Å². The molecule has 0 amide bonds. The third kappa shape index (κ3) is 6.67. The first-order valence-electron chi connectivity index (χ1n) is 10.2. The molecule has 0 radical (unpaired) electrons. The molecule has 1 heterocycles. The van der Waals surface area contributed by atoms with Crippen LogP contribution in [0.15, 0.2) is 29.3 Å². The Morgan fingerprint density at radius 3 is 2.64 bits per heavy atom. The minimum Gasteiger partial charge on any atom is -0.369 e. The maximum absolute atomic E-state index is 11.8. The zero-order valence-corrected chi connectivity index (χ0v) is 18.4. The number of rotatable bonds is 9. The van der Waals surface area contributed by atoms with Crippen LogP contribution in [0.4, 0.5) is 5.69 Å². The summed E-state index contributed by atoms with van der Waals surface area (Å²) >= 11 is 0. The quantitative estimate of drug-likeness (QED) is 0.369. The Morgan fingerprint density at radius 2 is 2.00 bits per heavy atom. The van der Waals surface area contributed by atoms with Gasteiger partial charge in [-0.25, -0.2) is 12.7 Å². The Balaban J connectivity index is 1.83. The summed E-state index contributed by atoms with van der Waals surface area (Å²) in [5.74, 6) is 0.940. The fourth-order valence-electron chi connectivity index (χ4n) is 3.23. The number of hydrogen-bond acceptors (Lipinski definition) is 4. The average Bonchev–Trinajstić information content (AvgIpc) is 3.14. The van der Waals surface area contributed by atoms with Crippen molar-refractivity contribution in [3.8, 4) is 0 Å². The first kappa shape index (κ1) is 22.5. The van der Waals surface area contributed by atoms with Crippen LogP contribution in [0.1, 0.15) is 32.3 Å². The number of nitrogens with zero attached hydrogens (tertiary/aromatic N) is 3. The molecule has 0 aliphatic carbocycles. The maximum atomic E-state index is 11.8. The van der Waals surface area contributed by atoms with Crippen LogP contribution in [0.25, 0.3) is 0 Å². The lowest BCUT2D eigenvalue weighted by molar-refractivity contribution is 0.464. The van der Waals surface area contributed by atoms with Crippen molar-refractivity contribution in [3.63, 3.8) is 0 Å². The van der Waals surface area contributed by atoms with E-state index in [0.717, 1.165) is 32.0 Å². The average molecular weight is 410 g/mol. The summed E-state index contributed by atoms with van der Waals surface area (Å²) in [6.45, 7) is 9.67. The lowest BCUT2D eigenvalue weighted by Gasteiger charge is -2.20. The van der Waals surface area contributed by atoms with Gasteiger partial charge in [0.1, 0.15) is 0 Å². The number of aliphatic imine (C=N–C) groups is 1. The normalized spacial score (nSPS) is 18.0. The first-order valence-corrected chi connectivity index (χ1v) is 11.8. The zero-order valence-electron chi connectivity index (χ0n) is 17.6. The number of guanidine groups is 1. The summed E-state index contributed by atoms with van der Waals surface area (Å²) in [6, 6.07) is 9.01. The van der Waals surface area contributed by atoms with Gasteiger partial charge in [0.05, 0.1) is 5.75 Å². The van der Waals surface area contributed by atoms with E-state index in [9.17, 15) is 8.42 Å². The summed E-state index contributed by atoms with van der Waals surface area (Å²) in [5.41, 5.74) is 2.54. The van der Waals surface area contributed by atoms with Crippen molar-refractivity contribution in [1.82, 2.24) is 14.9 Å². The molecule has 1 aromatic carbocycles. The second kappa shape index (κ2) is 10.7. The number of aryl methyl sites for hydroxylation is 1. The number of hydrogen-bond donors (Lipinski definition) is 2. The van der Waals surface area contributed by atoms with Crippen molar-refractivity contribution in [2.24, 2.45) is 4.99 Å². The van der Waals surface area contributed by atoms with Crippen LogP contribution in [-0.2, 0) is 10.0 Å². The molecular formula is C20H35N5O2S. The van der Waals surface area contributed by atoms with Crippen molar-refractivity contribution in [2.45, 2.75) is 39.7 Å². The molecule has 2 N–H and O–H groups in total. The van der Waals surface area contributed by atoms with Gasteiger partial charge in [-0.15, -0.1) is 0 Å². The van der Waals surface area contributed by atoms with Gasteiger partial charge in [0.25, 0.3) is 0 Å². The predicted molar refractivity (Wildman–Crippen MR) is 118 cm³/mol. The molecule has 0 bridgehead atoms. The third-order valence-corrected chi connectivity index (χ3v) is 6.88. The molecule has 1 unspecified atom stereocenters. The Bertz CT molecular complexity index is 733. The summed E-state index contributed by atoms with van der Waals surface area (Å²) in [4.78, 5) is 7.01. The highest BCUT2D eigenvalue weighted by Crippen LogP contribution is 2.20. The van der Waals surface area contributed by atoms with Gasteiger partial charge in [0.15, 0.2) is 5.96 Å². The third-order valence-electron chi connectivity index (χ3n) is 5.01. The van der Waals surface area contributed by atoms with E-state index < -0.39 is 10.0 Å². The fraction of sp³-hybridized carbons (Fsp3) is 0.650. The highest BCUT2D eigenvalue weighted by atomic mass is 32.2. The molecule has 0 aromatic heterocycles. The van der Waals surface area contributed by atoms with Crippen LogP contribution in [0.5, 0.6) is 0 Å². The van der Waals surface area contributed by atoms with E-state index in [4.69, 9.17) is 0 Å². The smallest absolute Gasteiger partial charge is 0.213 e. The highest BCUT2D eigenvalue weighted by molar-refractivity contribution is 7.89. The van der Waals surface area contributed by atoms with Crippen LogP contribution in [0.2, 0.25) is 0 Å². The SMILES string of the molecule is CCNC(=NCCCN(C)S(=O)(=O)CC)NC1CCN(c2ccc(C)cc2)C1. The minimum absolute atomic E-state index is 0.135. The van der Waals surface area contributed by atoms with Crippen LogP contribution in [0, 0.1) is 6.92 Å². The van der Waals surface area contributed by atoms with Crippen LogP contribution in [-0.4, -0.2) is 70.2 Å². The van der Waals surface area contributed by atoms with Crippen LogP contribution < -0.4 is 15.5 Å². The van der Waals surface area contributed by atoms with Crippen molar-refractivity contribution in [1.29, 1.82) is 0 Å². The molecule has 1 atom stereocenters. The fourth-order valence-corrected chi connectivity index (χ4v) is 4.07. The molecule has 158 valence electrons. The molecule has 1 aromatic rings. The summed E-state index contributed by atoms with van der Waals surface area (Å²) in [6.07, 6.45) is 1.77. The summed E-state index contributed by atoms with van der Waals surface area (Å²) in [7, 11) is -1.49. The Hall–Kier alpha value is -1.80. The number of anilines is 1. The van der Waals surface area contributed by atoms with Crippen LogP contribution >= 0.6 is 0 Å². The molecular weight excluding hydrogens is 374 g/mol. The topological polar surface area (TPSA) is 77.0 Å². The van der Waals surface area contributed by atoms with Gasteiger partial charge in [-0.2, -0.15) is 0 Å². The second-order valence-corrected chi connectivity index (χ2v) is 9.61. The number of nitrogens with one attached hydrogen (secondary N) is 2. The molecule has 1 saturated heterocycles. The predicted octanol–water partition coefficient (Wildman–Crippen LogP) is 1.80. The molecule has 1 aliphatic rings. The van der Waals surface area contributed by atoms with Crippen molar-refractivity contribution >= 4 is 21.7 Å². The maximum Gasteiger partial charge on any atom is 0.213 e. The highest BCUT2D eigenvalue weighted by Gasteiger charge is 2.23. The molecule has 8 heteroatoms. The molecule has 7 nitrogen and oxygen atoms in total. The number of benzene rings is 1. The lowest BCUT2D eigenvalue weighted by atomic mass is 10.2. The van der Waals surface area contributed by atoms with Gasteiger partial charge in [0, 0.05) is 51.5 Å². The van der Waals surface area contributed by atoms with Gasteiger partial charge in [0.2, 0.25) is 10.0 Å². The monoisotopic (exact) mass is 409 g/mol. The van der Waals surface area contributed by atoms with E-state index in [1.54, 1.807) is 14.0 Å². The number of sulfonamides is 1. The molecule has 1 aliphatic heterocycles. The van der Waals surface area contributed by atoms with E-state index in [1.165, 1.54) is 15.6 Å². The van der Waals surface area contributed by atoms with Gasteiger partial charge in [-0.1, -0.05) is 17.7 Å². The first-order chi connectivity index (χ1) is 13.4. The van der Waals surface area contributed by atoms with Gasteiger partial charge in [-0.3, -0.25) is 4.99 Å². The Kier molecular flexibility index (Phi) is 8.57. The molecule has 2 rings (SSSR count). The van der Waals surface area contributed by atoms with E-state index in [-0.39, 0.29) is 5.75 Å². The molecule has 1 fully saturated rings. The van der Waals surface area contributed by atoms with Crippen molar-refractivity contribution < 1.29 is 8.42 Å². The van der Waals surface area contributed by atoms with Crippen LogP contribution in [0.3, 0.4) is 0 Å². The lowest BCUT2D eigenvalue weighted by Crippen LogP contribution is -2.44. The van der Waals surface area contributed by atoms with E-state index in [1.807, 2.05) is 6.92 Å². The molecule has 28 heavy (non-hydrogen) atoms. The molecule has 0 spiro atoms. The van der Waals surface area contributed by atoms with E-state index >= 15 is 0 Å². The van der Waals surface area contributed by atoms with Gasteiger partial charge in [-0.05, 0) is 45.7 Å². The zero-order chi connectivity index (χ0) is 20.6. The second-order valence-electron chi connectivity index (χ2n) is 7.25. The molecule has 0 saturated carbocycles. The van der Waals surface area contributed by atoms with Crippen molar-refractivity contribution in [2.75, 3.05) is 50.4 Å². The largest absolute Gasteiger partial charge is 0.369 e. The van der Waals surface area contributed by atoms with E-state index in [0.29, 0.717) is 25.6 Å². The summed E-state index contributed by atoms with van der Waals surface area (Å²) < 4.78 is 25.0. The van der Waals surface area contributed by atoms with Gasteiger partial charge < -0.3 is 15.5 Å².